The summed E-state index contributed by atoms with van der Waals surface area (Å²) in [4.78, 5) is 53.2. The van der Waals surface area contributed by atoms with Gasteiger partial charge in [0.05, 0.1) is 52.7 Å². The van der Waals surface area contributed by atoms with Crippen molar-refractivity contribution in [3.63, 3.8) is 0 Å². The van der Waals surface area contributed by atoms with Gasteiger partial charge in [0.25, 0.3) is 0 Å². The maximum absolute atomic E-state index is 14.7. The van der Waals surface area contributed by atoms with Crippen LogP contribution < -0.4 is 29.6 Å². The predicted molar refractivity (Wildman–Crippen MR) is 326 cm³/mol. The van der Waals surface area contributed by atoms with Gasteiger partial charge in [0.1, 0.15) is 47.7 Å². The number of hydrogen-bond donors (Lipinski definition) is 2. The Morgan fingerprint density at radius 2 is 0.900 bits per heavy atom. The first kappa shape index (κ1) is 70.5. The molecule has 0 fully saturated rings. The minimum atomic E-state index is -3.93. The first-order chi connectivity index (χ1) is 42.1. The van der Waals surface area contributed by atoms with Crippen LogP contribution in [0.1, 0.15) is 165 Å². The number of alkyl halides is 6. The van der Waals surface area contributed by atoms with Crippen molar-refractivity contribution in [2.75, 3.05) is 28.4 Å². The van der Waals surface area contributed by atoms with Gasteiger partial charge in [-0.2, -0.15) is 17.6 Å². The van der Waals surface area contributed by atoms with E-state index in [0.29, 0.717) is 68.1 Å². The second-order valence-corrected chi connectivity index (χ2v) is 25.8. The van der Waals surface area contributed by atoms with Gasteiger partial charge in [-0.05, 0) is 138 Å². The van der Waals surface area contributed by atoms with Gasteiger partial charge in [-0.1, -0.05) is 75.2 Å². The SMILES string of the molecule is COc1cccc([C@@H]2O[C@@H](CC(=O)N[C@@H](CC(C)C)C(=O)OC(C)(C)C)c3nnc(C(F)(F)Cl)n3-c3ccc(Cl)cc32)c1OC.COc1cccc([C@H]2O[C@H](CC(=O)N[C@@H](CC(C)C)C(=O)OC(C)(C)C)c3nnc(C(F)(F)Cl)n3-c3ccc(Cl)cc32)c1OC. The van der Waals surface area contributed by atoms with Crippen LogP contribution in [0.4, 0.5) is 17.6 Å². The van der Waals surface area contributed by atoms with Crippen molar-refractivity contribution < 1.29 is 74.6 Å². The number of esters is 2. The zero-order valence-corrected chi connectivity index (χ0v) is 55.0. The molecule has 6 aromatic rings. The summed E-state index contributed by atoms with van der Waals surface area (Å²) in [6.07, 6.45) is -4.78. The molecule has 0 spiro atoms. The molecule has 4 aromatic carbocycles. The topological polar surface area (TPSA) is 228 Å². The fourth-order valence-corrected chi connectivity index (χ4v) is 10.9. The van der Waals surface area contributed by atoms with E-state index in [1.807, 2.05) is 27.7 Å². The van der Waals surface area contributed by atoms with Gasteiger partial charge in [0.2, 0.25) is 23.5 Å². The third kappa shape index (κ3) is 16.9. The predicted octanol–water partition coefficient (Wildman–Crippen LogP) is 13.3. The molecule has 2 aliphatic rings. The fourth-order valence-electron chi connectivity index (χ4n) is 10.3. The van der Waals surface area contributed by atoms with Crippen molar-refractivity contribution in [1.29, 1.82) is 0 Å². The molecule has 0 unspecified atom stereocenters. The molecule has 0 radical (unpaired) electrons. The van der Waals surface area contributed by atoms with Gasteiger partial charge < -0.3 is 48.5 Å². The molecule has 2 N–H and O–H groups in total. The zero-order valence-electron chi connectivity index (χ0n) is 52.0. The van der Waals surface area contributed by atoms with E-state index in [4.69, 9.17) is 84.3 Å². The van der Waals surface area contributed by atoms with E-state index in [2.05, 4.69) is 31.0 Å². The second-order valence-electron chi connectivity index (χ2n) is 24.0. The standard InChI is InChI=1S/2C31H36Cl2F2N4O6/c2*1-16(2)13-20(28(41)45-30(3,4)5)36-24(40)15-23-27-37-38-29(31(33,34)35)39(27)21-12-11-17(32)14-19(21)25(44-23)18-9-8-10-22(42-6)26(18)43-7/h2*8-12,14,16,20,23,25H,13,15H2,1-7H3,(H,36,40)/t20-,23+,25+;20-,23-,25-/m00/s1. The summed E-state index contributed by atoms with van der Waals surface area (Å²) in [7, 11) is 5.85. The van der Waals surface area contributed by atoms with Crippen LogP contribution in [0.5, 0.6) is 23.0 Å². The van der Waals surface area contributed by atoms with Crippen LogP contribution in [-0.2, 0) is 48.9 Å². The lowest BCUT2D eigenvalue weighted by Crippen LogP contribution is -2.45. The normalized spacial score (nSPS) is 17.2. The number of halogens is 8. The number of carbonyl (C=O) groups is 4. The Hall–Kier alpha value is -6.96. The maximum Gasteiger partial charge on any atom is 0.382 e. The molecule has 2 aromatic heterocycles. The van der Waals surface area contributed by atoms with Gasteiger partial charge in [-0.3, -0.25) is 18.7 Å². The number of rotatable bonds is 20. The van der Waals surface area contributed by atoms with Gasteiger partial charge in [-0.15, -0.1) is 20.4 Å². The number of fused-ring (bicyclic) bond motifs is 6. The Labute approximate surface area is 538 Å². The van der Waals surface area contributed by atoms with Crippen molar-refractivity contribution in [3.8, 4) is 34.4 Å². The quantitative estimate of drug-likeness (QED) is 0.0411. The van der Waals surface area contributed by atoms with Crippen LogP contribution in [0.3, 0.4) is 0 Å². The number of hydrogen-bond acceptors (Lipinski definition) is 16. The van der Waals surface area contributed by atoms with Crippen molar-refractivity contribution in [2.24, 2.45) is 11.8 Å². The van der Waals surface area contributed by atoms with E-state index < -0.39 is 107 Å². The summed E-state index contributed by atoms with van der Waals surface area (Å²) in [6.45, 7) is 18.0. The number of carbonyl (C=O) groups excluding carboxylic acids is 4. The van der Waals surface area contributed by atoms with E-state index in [0.717, 1.165) is 9.13 Å². The summed E-state index contributed by atoms with van der Waals surface area (Å²) in [5.74, 6) is -2.86. The Bertz CT molecular complexity index is 3340. The molecule has 4 heterocycles. The molecule has 20 nitrogen and oxygen atoms in total. The largest absolute Gasteiger partial charge is 0.493 e. The van der Waals surface area contributed by atoms with Crippen LogP contribution >= 0.6 is 46.4 Å². The van der Waals surface area contributed by atoms with Crippen LogP contribution in [0.2, 0.25) is 10.0 Å². The number of ether oxygens (including phenoxy) is 8. The maximum atomic E-state index is 14.7. The number of methoxy groups -OCH3 is 4. The third-order valence-electron chi connectivity index (χ3n) is 13.7. The van der Waals surface area contributed by atoms with E-state index in [1.165, 1.54) is 52.7 Å². The third-order valence-corrected chi connectivity index (χ3v) is 14.5. The number of benzene rings is 4. The second kappa shape index (κ2) is 28.7. The van der Waals surface area contributed by atoms with Crippen molar-refractivity contribution in [3.05, 3.63) is 128 Å². The van der Waals surface area contributed by atoms with Crippen LogP contribution in [0.15, 0.2) is 72.8 Å². The van der Waals surface area contributed by atoms with Crippen molar-refractivity contribution in [2.45, 2.75) is 153 Å². The minimum absolute atomic E-state index is 0.0395. The number of aromatic nitrogens is 6. The molecule has 2 amide bonds. The highest BCUT2D eigenvalue weighted by Gasteiger charge is 2.45. The van der Waals surface area contributed by atoms with E-state index >= 15 is 0 Å². The molecule has 0 saturated carbocycles. The smallest absolute Gasteiger partial charge is 0.382 e. The number of para-hydroxylation sites is 2. The van der Waals surface area contributed by atoms with Gasteiger partial charge in [0, 0.05) is 32.3 Å². The van der Waals surface area contributed by atoms with Gasteiger partial charge in [-0.25, -0.2) is 9.59 Å². The molecular weight excluding hydrogens is 1270 g/mol. The lowest BCUT2D eigenvalue weighted by Gasteiger charge is -2.27. The first-order valence-electron chi connectivity index (χ1n) is 28.5. The summed E-state index contributed by atoms with van der Waals surface area (Å²) < 4.78 is 108. The average Bonchev–Trinajstić information content (AvgIpc) is 1.59. The molecule has 0 aliphatic carbocycles. The highest BCUT2D eigenvalue weighted by atomic mass is 35.5. The molecule has 28 heteroatoms. The van der Waals surface area contributed by atoms with Gasteiger partial charge >= 0.3 is 22.7 Å². The number of nitrogens with zero attached hydrogens (tertiary/aromatic N) is 6. The Morgan fingerprint density at radius 3 is 1.20 bits per heavy atom. The molecule has 488 valence electrons. The Balaban J connectivity index is 0.000000256. The molecule has 90 heavy (non-hydrogen) atoms. The molecule has 6 atom stereocenters. The van der Waals surface area contributed by atoms with Crippen molar-refractivity contribution >= 4 is 70.2 Å². The van der Waals surface area contributed by atoms with E-state index in [1.54, 1.807) is 90.1 Å². The highest BCUT2D eigenvalue weighted by Crippen LogP contribution is 2.50. The molecule has 0 saturated heterocycles. The van der Waals surface area contributed by atoms with E-state index in [-0.39, 0.29) is 34.9 Å². The average molecular weight is 1340 g/mol. The molecular formula is C62H72Cl4F4N8O12. The Morgan fingerprint density at radius 1 is 0.544 bits per heavy atom. The summed E-state index contributed by atoms with van der Waals surface area (Å²) in [6, 6.07) is 17.5. The summed E-state index contributed by atoms with van der Waals surface area (Å²) >= 11 is 23.8. The lowest BCUT2D eigenvalue weighted by molar-refractivity contribution is -0.160. The number of nitrogens with one attached hydrogen (secondary N) is 2. The van der Waals surface area contributed by atoms with Crippen LogP contribution in [0.25, 0.3) is 11.4 Å². The molecule has 8 rings (SSSR count). The molecule has 2 aliphatic heterocycles. The van der Waals surface area contributed by atoms with Crippen molar-refractivity contribution in [1.82, 2.24) is 40.2 Å². The van der Waals surface area contributed by atoms with Crippen LogP contribution in [0, 0.1) is 11.8 Å². The Kier molecular flexibility index (Phi) is 22.5. The number of amides is 2. The highest BCUT2D eigenvalue weighted by molar-refractivity contribution is 6.31. The van der Waals surface area contributed by atoms with E-state index in [9.17, 15) is 36.7 Å². The van der Waals surface area contributed by atoms with Crippen LogP contribution in [-0.4, -0.2) is 105 Å². The summed E-state index contributed by atoms with van der Waals surface area (Å²) in [5.41, 5.74) is 0.496. The first-order valence-corrected chi connectivity index (χ1v) is 30.0. The minimum Gasteiger partial charge on any atom is -0.493 e. The zero-order chi connectivity index (χ0) is 66.5. The molecule has 0 bridgehead atoms. The fraction of sp³-hybridized carbons (Fsp3) is 0.484. The monoisotopic (exact) mass is 1340 g/mol. The summed E-state index contributed by atoms with van der Waals surface area (Å²) in [5, 5.41) is 13.6. The lowest BCUT2D eigenvalue weighted by atomic mass is 9.98. The van der Waals surface area contributed by atoms with Gasteiger partial charge in [0.15, 0.2) is 34.6 Å².